The summed E-state index contributed by atoms with van der Waals surface area (Å²) < 4.78 is 12.9. The van der Waals surface area contributed by atoms with Gasteiger partial charge in [-0.15, -0.1) is 10.2 Å². The molecule has 0 fully saturated rings. The molecule has 3 aromatic heterocycles. The molecule has 0 radical (unpaired) electrons. The zero-order valence-electron chi connectivity index (χ0n) is 15.7. The highest BCUT2D eigenvalue weighted by Gasteiger charge is 2.29. The quantitative estimate of drug-likeness (QED) is 0.422. The Morgan fingerprint density at radius 1 is 0.897 bits per heavy atom. The predicted molar refractivity (Wildman–Crippen MR) is 108 cm³/mol. The molecule has 2 aromatic carbocycles. The third-order valence-electron chi connectivity index (χ3n) is 5.42. The molecule has 6 heteroatoms. The average Bonchev–Trinajstić information content (AvgIpc) is 3.52. The normalized spacial score (nSPS) is 12.2. The number of furan rings is 1. The van der Waals surface area contributed by atoms with E-state index in [4.69, 9.17) is 8.94 Å². The van der Waals surface area contributed by atoms with Crippen molar-refractivity contribution in [3.63, 3.8) is 0 Å². The number of hydrogen-bond donors (Lipinski definition) is 0. The van der Waals surface area contributed by atoms with E-state index < -0.39 is 0 Å². The third-order valence-corrected chi connectivity index (χ3v) is 5.42. The van der Waals surface area contributed by atoms with Crippen molar-refractivity contribution in [3.05, 3.63) is 78.4 Å². The van der Waals surface area contributed by atoms with Gasteiger partial charge in [-0.05, 0) is 30.2 Å². The van der Waals surface area contributed by atoms with Crippen LogP contribution in [0.2, 0.25) is 0 Å². The maximum atomic E-state index is 5.54. The van der Waals surface area contributed by atoms with Gasteiger partial charge in [0.1, 0.15) is 11.5 Å². The van der Waals surface area contributed by atoms with Gasteiger partial charge in [0, 0.05) is 16.7 Å². The van der Waals surface area contributed by atoms with Crippen LogP contribution in [0.25, 0.3) is 45.2 Å². The molecule has 6 rings (SSSR count). The molecular formula is C23H16N4O2. The minimum Gasteiger partial charge on any atom is -0.472 e. The first-order valence-electron chi connectivity index (χ1n) is 9.41. The molecule has 0 saturated carbocycles. The van der Waals surface area contributed by atoms with Crippen molar-refractivity contribution in [2.24, 2.45) is 0 Å². The largest absolute Gasteiger partial charge is 0.472 e. The lowest BCUT2D eigenvalue weighted by molar-refractivity contribution is 0.400. The Hall–Kier alpha value is -3.93. The summed E-state index contributed by atoms with van der Waals surface area (Å²) in [7, 11) is 0. The molecular weight excluding hydrogens is 364 g/mol. The van der Waals surface area contributed by atoms with E-state index in [9.17, 15) is 0 Å². The summed E-state index contributed by atoms with van der Waals surface area (Å²) in [5.74, 6) is 2.37. The first-order chi connectivity index (χ1) is 14.3. The Balaban J connectivity index is 1.49. The second-order valence-electron chi connectivity index (χ2n) is 7.15. The number of fused-ring (bicyclic) bond motifs is 3. The summed E-state index contributed by atoms with van der Waals surface area (Å²) in [6.07, 6.45) is 3.43. The van der Waals surface area contributed by atoms with Gasteiger partial charge in [0.15, 0.2) is 11.6 Å². The molecule has 6 nitrogen and oxygen atoms in total. The van der Waals surface area contributed by atoms with Crippen LogP contribution >= 0.6 is 0 Å². The minimum atomic E-state index is 0.720. The highest BCUT2D eigenvalue weighted by atomic mass is 16.5. The summed E-state index contributed by atoms with van der Waals surface area (Å²) in [6, 6.07) is 18.4. The molecule has 0 atom stereocenters. The van der Waals surface area contributed by atoms with Crippen LogP contribution < -0.4 is 0 Å². The van der Waals surface area contributed by atoms with Gasteiger partial charge in [-0.3, -0.25) is 0 Å². The van der Waals surface area contributed by atoms with Crippen LogP contribution in [-0.4, -0.2) is 19.9 Å². The van der Waals surface area contributed by atoms with E-state index >= 15 is 0 Å². The van der Waals surface area contributed by atoms with Gasteiger partial charge in [-0.1, -0.05) is 47.6 Å². The SMILES string of the molecule is Cc1onc(-c2ccccc2)c1-c1nnc2n1Cc1ccc(-c3ccoc3)cc1-2. The van der Waals surface area contributed by atoms with Crippen LogP contribution in [0.15, 0.2) is 76.1 Å². The van der Waals surface area contributed by atoms with E-state index in [0.29, 0.717) is 0 Å². The Bertz CT molecular complexity index is 1330. The van der Waals surface area contributed by atoms with E-state index in [0.717, 1.165) is 57.5 Å². The van der Waals surface area contributed by atoms with Gasteiger partial charge in [-0.2, -0.15) is 0 Å². The summed E-state index contributed by atoms with van der Waals surface area (Å²) in [6.45, 7) is 2.63. The van der Waals surface area contributed by atoms with Crippen LogP contribution in [0.4, 0.5) is 0 Å². The highest BCUT2D eigenvalue weighted by Crippen LogP contribution is 2.40. The number of aromatic nitrogens is 4. The van der Waals surface area contributed by atoms with Crippen molar-refractivity contribution in [1.29, 1.82) is 0 Å². The Morgan fingerprint density at radius 2 is 1.76 bits per heavy atom. The van der Waals surface area contributed by atoms with Crippen molar-refractivity contribution >= 4 is 0 Å². The van der Waals surface area contributed by atoms with E-state index in [1.54, 1.807) is 12.5 Å². The lowest BCUT2D eigenvalue weighted by Crippen LogP contribution is -1.98. The Kier molecular flexibility index (Phi) is 3.34. The standard InChI is InChI=1S/C23H16N4O2/c1-14-20(21(26-29-14)15-5-3-2-4-6-15)23-25-24-22-19-11-16(18-9-10-28-13-18)7-8-17(19)12-27(22)23/h2-11,13H,12H2,1H3. The van der Waals surface area contributed by atoms with Crippen molar-refractivity contribution in [3.8, 4) is 45.2 Å². The van der Waals surface area contributed by atoms with Gasteiger partial charge in [0.25, 0.3) is 0 Å². The van der Waals surface area contributed by atoms with Crippen LogP contribution in [0.5, 0.6) is 0 Å². The van der Waals surface area contributed by atoms with Crippen LogP contribution in [0.3, 0.4) is 0 Å². The van der Waals surface area contributed by atoms with Gasteiger partial charge in [-0.25, -0.2) is 0 Å². The summed E-state index contributed by atoms with van der Waals surface area (Å²) in [5, 5.41) is 13.3. The first-order valence-corrected chi connectivity index (χ1v) is 9.41. The molecule has 1 aliphatic heterocycles. The second kappa shape index (κ2) is 6.04. The Labute approximate surface area is 166 Å². The molecule has 1 aliphatic rings. The number of nitrogens with zero attached hydrogens (tertiary/aromatic N) is 4. The first kappa shape index (κ1) is 16.1. The van der Waals surface area contributed by atoms with Gasteiger partial charge in [0.05, 0.1) is 24.6 Å². The number of rotatable bonds is 3. The van der Waals surface area contributed by atoms with E-state index in [1.807, 2.05) is 43.3 Å². The molecule has 4 heterocycles. The van der Waals surface area contributed by atoms with Crippen molar-refractivity contribution < 1.29 is 8.94 Å². The second-order valence-corrected chi connectivity index (χ2v) is 7.15. The molecule has 0 N–H and O–H groups in total. The fourth-order valence-corrected chi connectivity index (χ4v) is 3.97. The summed E-state index contributed by atoms with van der Waals surface area (Å²) >= 11 is 0. The molecule has 29 heavy (non-hydrogen) atoms. The molecule has 0 spiro atoms. The van der Waals surface area contributed by atoms with E-state index in [-0.39, 0.29) is 0 Å². The predicted octanol–water partition coefficient (Wildman–Crippen LogP) is 5.20. The highest BCUT2D eigenvalue weighted by molar-refractivity contribution is 5.81. The van der Waals surface area contributed by atoms with E-state index in [1.165, 1.54) is 5.56 Å². The van der Waals surface area contributed by atoms with Crippen molar-refractivity contribution in [2.75, 3.05) is 0 Å². The molecule has 140 valence electrons. The van der Waals surface area contributed by atoms with Gasteiger partial charge >= 0.3 is 0 Å². The van der Waals surface area contributed by atoms with Crippen molar-refractivity contribution in [1.82, 2.24) is 19.9 Å². The molecule has 0 amide bonds. The number of aryl methyl sites for hydroxylation is 1. The van der Waals surface area contributed by atoms with Gasteiger partial charge in [0.2, 0.25) is 0 Å². The molecule has 0 unspecified atom stereocenters. The maximum Gasteiger partial charge on any atom is 0.170 e. The minimum absolute atomic E-state index is 0.720. The monoisotopic (exact) mass is 380 g/mol. The van der Waals surface area contributed by atoms with Gasteiger partial charge < -0.3 is 13.5 Å². The topological polar surface area (TPSA) is 69.9 Å². The summed E-state index contributed by atoms with van der Waals surface area (Å²) in [5.41, 5.74) is 7.13. The maximum absolute atomic E-state index is 5.54. The molecule has 5 aromatic rings. The van der Waals surface area contributed by atoms with Crippen molar-refractivity contribution in [2.45, 2.75) is 13.5 Å². The average molecular weight is 380 g/mol. The fraction of sp³-hybridized carbons (Fsp3) is 0.0870. The Morgan fingerprint density at radius 3 is 2.59 bits per heavy atom. The van der Waals surface area contributed by atoms with Crippen LogP contribution in [0, 0.1) is 6.92 Å². The zero-order valence-corrected chi connectivity index (χ0v) is 15.7. The van der Waals surface area contributed by atoms with Crippen LogP contribution in [0.1, 0.15) is 11.3 Å². The molecule has 0 bridgehead atoms. The lowest BCUT2D eigenvalue weighted by atomic mass is 10.0. The smallest absolute Gasteiger partial charge is 0.170 e. The number of benzene rings is 2. The fourth-order valence-electron chi connectivity index (χ4n) is 3.97. The third kappa shape index (κ3) is 2.39. The van der Waals surface area contributed by atoms with E-state index in [2.05, 4.69) is 38.1 Å². The van der Waals surface area contributed by atoms with Crippen LogP contribution in [-0.2, 0) is 6.54 Å². The summed E-state index contributed by atoms with van der Waals surface area (Å²) in [4.78, 5) is 0. The molecule has 0 saturated heterocycles. The number of hydrogen-bond acceptors (Lipinski definition) is 5. The lowest BCUT2D eigenvalue weighted by Gasteiger charge is -2.04. The molecule has 0 aliphatic carbocycles. The zero-order chi connectivity index (χ0) is 19.4.